The van der Waals surface area contributed by atoms with E-state index >= 15 is 0 Å². The van der Waals surface area contributed by atoms with Crippen LogP contribution in [0.1, 0.15) is 72.1 Å². The van der Waals surface area contributed by atoms with Crippen molar-refractivity contribution in [2.24, 2.45) is 0 Å². The summed E-state index contributed by atoms with van der Waals surface area (Å²) in [5, 5.41) is 3.52. The average molecular weight is 243 g/mol. The van der Waals surface area contributed by atoms with Gasteiger partial charge in [0.05, 0.1) is 6.61 Å². The maximum atomic E-state index is 5.63. The Balaban J connectivity index is 3.41. The van der Waals surface area contributed by atoms with Gasteiger partial charge < -0.3 is 10.1 Å². The van der Waals surface area contributed by atoms with Gasteiger partial charge in [-0.1, -0.05) is 59.3 Å². The van der Waals surface area contributed by atoms with Crippen LogP contribution in [0, 0.1) is 0 Å². The number of unbranched alkanes of at least 4 members (excludes halogenated alkanes) is 5. The third-order valence-electron chi connectivity index (χ3n) is 3.07. The van der Waals surface area contributed by atoms with Gasteiger partial charge in [-0.3, -0.25) is 0 Å². The van der Waals surface area contributed by atoms with E-state index < -0.39 is 0 Å². The molecule has 17 heavy (non-hydrogen) atoms. The van der Waals surface area contributed by atoms with Crippen molar-refractivity contribution in [3.8, 4) is 0 Å². The highest BCUT2D eigenvalue weighted by Gasteiger charge is 2.06. The molecule has 0 fully saturated rings. The molecule has 0 bridgehead atoms. The zero-order chi connectivity index (χ0) is 12.8. The van der Waals surface area contributed by atoms with Crippen molar-refractivity contribution >= 4 is 0 Å². The smallest absolute Gasteiger partial charge is 0.0619 e. The molecule has 0 saturated carbocycles. The molecule has 1 N–H and O–H groups in total. The molecule has 1 unspecified atom stereocenters. The number of likely N-dealkylation sites (N-methyl/N-ethyl adjacent to an activating group) is 1. The SMILES string of the molecule is CCCCCCCCC(COCCC)NCC. The standard InChI is InChI=1S/C15H33NO/c1-4-7-8-9-10-11-12-15(16-6-3)14-17-13-5-2/h15-16H,4-14H2,1-3H3. The molecule has 2 nitrogen and oxygen atoms in total. The molecular formula is C15H33NO. The minimum Gasteiger partial charge on any atom is -0.380 e. The van der Waals surface area contributed by atoms with Gasteiger partial charge in [0.25, 0.3) is 0 Å². The molecule has 0 amide bonds. The molecule has 0 rings (SSSR count). The normalized spacial score (nSPS) is 12.9. The highest BCUT2D eigenvalue weighted by molar-refractivity contribution is 4.65. The van der Waals surface area contributed by atoms with Crippen LogP contribution < -0.4 is 5.32 Å². The fourth-order valence-electron chi connectivity index (χ4n) is 2.07. The minimum absolute atomic E-state index is 0.567. The Kier molecular flexibility index (Phi) is 13.9. The van der Waals surface area contributed by atoms with Crippen LogP contribution in [0.25, 0.3) is 0 Å². The number of nitrogens with one attached hydrogen (secondary N) is 1. The topological polar surface area (TPSA) is 21.3 Å². The molecule has 2 heteroatoms. The van der Waals surface area contributed by atoms with Crippen molar-refractivity contribution in [1.29, 1.82) is 0 Å². The fourth-order valence-corrected chi connectivity index (χ4v) is 2.07. The van der Waals surface area contributed by atoms with Gasteiger partial charge in [0.1, 0.15) is 0 Å². The van der Waals surface area contributed by atoms with E-state index in [0.29, 0.717) is 6.04 Å². The Morgan fingerprint density at radius 1 is 0.882 bits per heavy atom. The second kappa shape index (κ2) is 14.0. The lowest BCUT2D eigenvalue weighted by molar-refractivity contribution is 0.109. The van der Waals surface area contributed by atoms with E-state index in [-0.39, 0.29) is 0 Å². The lowest BCUT2D eigenvalue weighted by Gasteiger charge is -2.17. The molecule has 1 atom stereocenters. The van der Waals surface area contributed by atoms with Crippen molar-refractivity contribution in [2.75, 3.05) is 19.8 Å². The predicted octanol–water partition coefficient (Wildman–Crippen LogP) is 4.14. The number of hydrogen-bond acceptors (Lipinski definition) is 2. The molecule has 0 heterocycles. The van der Waals surface area contributed by atoms with Crippen LogP contribution in [0.4, 0.5) is 0 Å². The quantitative estimate of drug-likeness (QED) is 0.491. The summed E-state index contributed by atoms with van der Waals surface area (Å²) in [6.45, 7) is 9.45. The Hall–Kier alpha value is -0.0800. The maximum absolute atomic E-state index is 5.63. The van der Waals surface area contributed by atoms with E-state index in [1.165, 1.54) is 44.9 Å². The van der Waals surface area contributed by atoms with Crippen LogP contribution in [-0.2, 0) is 4.74 Å². The number of ether oxygens (including phenoxy) is 1. The van der Waals surface area contributed by atoms with E-state index in [1.807, 2.05) is 0 Å². The maximum Gasteiger partial charge on any atom is 0.0619 e. The molecule has 0 aromatic heterocycles. The summed E-state index contributed by atoms with van der Waals surface area (Å²) in [6, 6.07) is 0.567. The average Bonchev–Trinajstić information content (AvgIpc) is 2.34. The largest absolute Gasteiger partial charge is 0.380 e. The molecule has 0 saturated heterocycles. The highest BCUT2D eigenvalue weighted by atomic mass is 16.5. The number of rotatable bonds is 13. The molecule has 0 aliphatic carbocycles. The summed E-state index contributed by atoms with van der Waals surface area (Å²) < 4.78 is 5.63. The Morgan fingerprint density at radius 2 is 1.59 bits per heavy atom. The van der Waals surface area contributed by atoms with Crippen molar-refractivity contribution in [3.63, 3.8) is 0 Å². The molecule has 0 radical (unpaired) electrons. The summed E-state index contributed by atoms with van der Waals surface area (Å²) in [7, 11) is 0. The first kappa shape index (κ1) is 16.9. The third kappa shape index (κ3) is 12.2. The van der Waals surface area contributed by atoms with Crippen LogP contribution in [0.2, 0.25) is 0 Å². The van der Waals surface area contributed by atoms with Gasteiger partial charge in [-0.05, 0) is 19.4 Å². The first-order chi connectivity index (χ1) is 8.35. The molecule has 0 aromatic carbocycles. The van der Waals surface area contributed by atoms with E-state index in [9.17, 15) is 0 Å². The summed E-state index contributed by atoms with van der Waals surface area (Å²) in [6.07, 6.45) is 10.7. The molecule has 0 aliphatic heterocycles. The third-order valence-corrected chi connectivity index (χ3v) is 3.07. The first-order valence-corrected chi connectivity index (χ1v) is 7.66. The summed E-state index contributed by atoms with van der Waals surface area (Å²) >= 11 is 0. The van der Waals surface area contributed by atoms with Gasteiger partial charge in [0.15, 0.2) is 0 Å². The van der Waals surface area contributed by atoms with Crippen molar-refractivity contribution in [2.45, 2.75) is 78.2 Å². The molecular weight excluding hydrogens is 210 g/mol. The van der Waals surface area contributed by atoms with Crippen LogP contribution in [0.15, 0.2) is 0 Å². The zero-order valence-electron chi connectivity index (χ0n) is 12.3. The first-order valence-electron chi connectivity index (χ1n) is 7.66. The summed E-state index contributed by atoms with van der Waals surface area (Å²) in [5.74, 6) is 0. The monoisotopic (exact) mass is 243 g/mol. The van der Waals surface area contributed by atoms with Gasteiger partial charge in [-0.15, -0.1) is 0 Å². The Bertz CT molecular complexity index is 139. The van der Waals surface area contributed by atoms with Gasteiger partial charge in [0.2, 0.25) is 0 Å². The van der Waals surface area contributed by atoms with Crippen molar-refractivity contribution in [1.82, 2.24) is 5.32 Å². The zero-order valence-corrected chi connectivity index (χ0v) is 12.3. The van der Waals surface area contributed by atoms with Gasteiger partial charge in [0, 0.05) is 12.6 Å². The van der Waals surface area contributed by atoms with Gasteiger partial charge in [-0.25, -0.2) is 0 Å². The van der Waals surface area contributed by atoms with Crippen molar-refractivity contribution in [3.05, 3.63) is 0 Å². The van der Waals surface area contributed by atoms with Crippen LogP contribution >= 0.6 is 0 Å². The van der Waals surface area contributed by atoms with E-state index in [4.69, 9.17) is 4.74 Å². The number of hydrogen-bond donors (Lipinski definition) is 1. The van der Waals surface area contributed by atoms with Crippen molar-refractivity contribution < 1.29 is 4.74 Å². The summed E-state index contributed by atoms with van der Waals surface area (Å²) in [5.41, 5.74) is 0. The van der Waals surface area contributed by atoms with Crippen LogP contribution in [-0.4, -0.2) is 25.8 Å². The van der Waals surface area contributed by atoms with Gasteiger partial charge in [-0.2, -0.15) is 0 Å². The molecule has 104 valence electrons. The second-order valence-electron chi connectivity index (χ2n) is 4.89. The molecule has 0 spiro atoms. The summed E-state index contributed by atoms with van der Waals surface area (Å²) in [4.78, 5) is 0. The van der Waals surface area contributed by atoms with E-state index in [1.54, 1.807) is 0 Å². The van der Waals surface area contributed by atoms with E-state index in [2.05, 4.69) is 26.1 Å². The van der Waals surface area contributed by atoms with Gasteiger partial charge >= 0.3 is 0 Å². The Morgan fingerprint density at radius 3 is 2.24 bits per heavy atom. The minimum atomic E-state index is 0.567. The van der Waals surface area contributed by atoms with E-state index in [0.717, 1.165) is 26.2 Å². The fraction of sp³-hybridized carbons (Fsp3) is 1.00. The predicted molar refractivity (Wildman–Crippen MR) is 76.6 cm³/mol. The van der Waals surface area contributed by atoms with Crippen LogP contribution in [0.3, 0.4) is 0 Å². The molecule has 0 aliphatic rings. The Labute approximate surface area is 109 Å². The molecule has 0 aromatic rings. The van der Waals surface area contributed by atoms with Crippen LogP contribution in [0.5, 0.6) is 0 Å². The highest BCUT2D eigenvalue weighted by Crippen LogP contribution is 2.09. The second-order valence-corrected chi connectivity index (χ2v) is 4.89. The lowest BCUT2D eigenvalue weighted by Crippen LogP contribution is -2.33. The lowest BCUT2D eigenvalue weighted by atomic mass is 10.1.